The lowest BCUT2D eigenvalue weighted by Gasteiger charge is -2.07. The van der Waals surface area contributed by atoms with E-state index in [1.807, 2.05) is 6.92 Å². The summed E-state index contributed by atoms with van der Waals surface area (Å²) in [5.41, 5.74) is 2.07. The molecular formula is C12H22N2O. The first-order chi connectivity index (χ1) is 6.97. The first-order valence-corrected chi connectivity index (χ1v) is 5.75. The monoisotopic (exact) mass is 210 g/mol. The predicted molar refractivity (Wildman–Crippen MR) is 62.2 cm³/mol. The molecule has 0 unspecified atom stereocenters. The number of rotatable bonds is 4. The highest BCUT2D eigenvalue weighted by molar-refractivity contribution is 5.33. The lowest BCUT2D eigenvalue weighted by molar-refractivity contribution is 0.397. The average molecular weight is 210 g/mol. The molecule has 0 aliphatic heterocycles. The Kier molecular flexibility index (Phi) is 3.77. The van der Waals surface area contributed by atoms with Crippen molar-refractivity contribution in [2.45, 2.75) is 53.5 Å². The van der Waals surface area contributed by atoms with E-state index in [-0.39, 0.29) is 0 Å². The molecule has 0 atom stereocenters. The van der Waals surface area contributed by atoms with E-state index in [9.17, 15) is 5.11 Å². The molecule has 3 nitrogen and oxygen atoms in total. The summed E-state index contributed by atoms with van der Waals surface area (Å²) in [4.78, 5) is 0. The van der Waals surface area contributed by atoms with Crippen LogP contribution in [0.15, 0.2) is 0 Å². The largest absolute Gasteiger partial charge is 0.493 e. The minimum absolute atomic E-state index is 0.356. The average Bonchev–Trinajstić information content (AvgIpc) is 2.43. The predicted octanol–water partition coefficient (Wildman–Crippen LogP) is 2.93. The van der Waals surface area contributed by atoms with Crippen LogP contribution in [0.5, 0.6) is 5.88 Å². The van der Waals surface area contributed by atoms with E-state index >= 15 is 0 Å². The summed E-state index contributed by atoms with van der Waals surface area (Å²) < 4.78 is 1.69. The maximum Gasteiger partial charge on any atom is 0.212 e. The number of hydrogen-bond acceptors (Lipinski definition) is 2. The standard InChI is InChI=1S/C12H22N2O/c1-6-14-12(15)10(7-8(2)3)11(13-14)9(4)5/h8-9,15H,6-7H2,1-5H3. The summed E-state index contributed by atoms with van der Waals surface area (Å²) >= 11 is 0. The topological polar surface area (TPSA) is 38.0 Å². The number of hydrogen-bond donors (Lipinski definition) is 1. The third-order valence-electron chi connectivity index (χ3n) is 2.51. The van der Waals surface area contributed by atoms with Crippen LogP contribution < -0.4 is 0 Å². The van der Waals surface area contributed by atoms with Gasteiger partial charge in [-0.1, -0.05) is 27.7 Å². The highest BCUT2D eigenvalue weighted by Crippen LogP contribution is 2.28. The molecule has 15 heavy (non-hydrogen) atoms. The Hall–Kier alpha value is -0.990. The molecule has 0 fully saturated rings. The molecule has 0 aromatic carbocycles. The van der Waals surface area contributed by atoms with Crippen LogP contribution in [0.1, 0.15) is 51.8 Å². The van der Waals surface area contributed by atoms with Crippen LogP contribution in [0.3, 0.4) is 0 Å². The van der Waals surface area contributed by atoms with Crippen molar-refractivity contribution in [3.63, 3.8) is 0 Å². The van der Waals surface area contributed by atoms with E-state index < -0.39 is 0 Å². The summed E-state index contributed by atoms with van der Waals surface area (Å²) in [6, 6.07) is 0. The van der Waals surface area contributed by atoms with Gasteiger partial charge in [0.15, 0.2) is 0 Å². The van der Waals surface area contributed by atoms with Crippen LogP contribution in [0.2, 0.25) is 0 Å². The molecule has 0 spiro atoms. The van der Waals surface area contributed by atoms with E-state index in [4.69, 9.17) is 0 Å². The molecule has 1 aromatic heterocycles. The van der Waals surface area contributed by atoms with Gasteiger partial charge in [-0.15, -0.1) is 0 Å². The second-order valence-electron chi connectivity index (χ2n) is 4.76. The van der Waals surface area contributed by atoms with Crippen molar-refractivity contribution >= 4 is 0 Å². The van der Waals surface area contributed by atoms with Crippen molar-refractivity contribution in [2.75, 3.05) is 0 Å². The molecule has 0 radical (unpaired) electrons. The molecular weight excluding hydrogens is 188 g/mol. The molecule has 1 N–H and O–H groups in total. The minimum Gasteiger partial charge on any atom is -0.493 e. The minimum atomic E-state index is 0.356. The van der Waals surface area contributed by atoms with Crippen molar-refractivity contribution < 1.29 is 5.11 Å². The molecule has 86 valence electrons. The summed E-state index contributed by atoms with van der Waals surface area (Å²) in [5, 5.41) is 14.5. The van der Waals surface area contributed by atoms with Gasteiger partial charge in [-0.25, -0.2) is 4.68 Å². The summed E-state index contributed by atoms with van der Waals surface area (Å²) in [6.07, 6.45) is 0.902. The molecule has 1 heterocycles. The molecule has 3 heteroatoms. The Morgan fingerprint density at radius 1 is 1.27 bits per heavy atom. The zero-order valence-electron chi connectivity index (χ0n) is 10.4. The SMILES string of the molecule is CCn1nc(C(C)C)c(CC(C)C)c1O. The zero-order valence-corrected chi connectivity index (χ0v) is 10.4. The maximum absolute atomic E-state index is 10.0. The Balaban J connectivity index is 3.13. The van der Waals surface area contributed by atoms with Gasteiger partial charge in [-0.2, -0.15) is 5.10 Å². The van der Waals surface area contributed by atoms with E-state index in [1.165, 1.54) is 0 Å². The fraction of sp³-hybridized carbons (Fsp3) is 0.750. The zero-order chi connectivity index (χ0) is 11.6. The molecule has 0 saturated heterocycles. The fourth-order valence-electron chi connectivity index (χ4n) is 1.80. The van der Waals surface area contributed by atoms with E-state index in [1.54, 1.807) is 4.68 Å². The third-order valence-corrected chi connectivity index (χ3v) is 2.51. The van der Waals surface area contributed by atoms with Gasteiger partial charge >= 0.3 is 0 Å². The Morgan fingerprint density at radius 2 is 1.87 bits per heavy atom. The summed E-state index contributed by atoms with van der Waals surface area (Å²) in [6.45, 7) is 11.3. The third kappa shape index (κ3) is 2.52. The number of nitrogens with zero attached hydrogens (tertiary/aromatic N) is 2. The van der Waals surface area contributed by atoms with Crippen molar-refractivity contribution in [3.8, 4) is 5.88 Å². The smallest absolute Gasteiger partial charge is 0.212 e. The Labute approximate surface area is 92.1 Å². The van der Waals surface area contributed by atoms with Gasteiger partial charge in [0.2, 0.25) is 5.88 Å². The van der Waals surface area contributed by atoms with Crippen molar-refractivity contribution in [1.29, 1.82) is 0 Å². The van der Waals surface area contributed by atoms with Crippen LogP contribution >= 0.6 is 0 Å². The molecule has 0 amide bonds. The van der Waals surface area contributed by atoms with Gasteiger partial charge in [-0.05, 0) is 25.2 Å². The van der Waals surface area contributed by atoms with E-state index in [2.05, 4.69) is 32.8 Å². The Morgan fingerprint density at radius 3 is 2.27 bits per heavy atom. The molecule has 1 rings (SSSR count). The van der Waals surface area contributed by atoms with Crippen LogP contribution in [-0.4, -0.2) is 14.9 Å². The second-order valence-corrected chi connectivity index (χ2v) is 4.76. The van der Waals surface area contributed by atoms with Crippen molar-refractivity contribution in [1.82, 2.24) is 9.78 Å². The molecule has 1 aromatic rings. The van der Waals surface area contributed by atoms with Gasteiger partial charge in [0.1, 0.15) is 0 Å². The Bertz CT molecular complexity index is 327. The molecule has 0 aliphatic carbocycles. The number of aromatic nitrogens is 2. The van der Waals surface area contributed by atoms with Crippen molar-refractivity contribution in [3.05, 3.63) is 11.3 Å². The van der Waals surface area contributed by atoms with Gasteiger partial charge in [0.05, 0.1) is 5.69 Å². The molecule has 0 aliphatic rings. The first-order valence-electron chi connectivity index (χ1n) is 5.75. The fourth-order valence-corrected chi connectivity index (χ4v) is 1.80. The maximum atomic E-state index is 10.0. The first kappa shape index (κ1) is 12.1. The van der Waals surface area contributed by atoms with Crippen LogP contribution in [0.25, 0.3) is 0 Å². The van der Waals surface area contributed by atoms with E-state index in [0.717, 1.165) is 24.2 Å². The molecule has 0 bridgehead atoms. The van der Waals surface area contributed by atoms with Crippen LogP contribution in [-0.2, 0) is 13.0 Å². The quantitative estimate of drug-likeness (QED) is 0.829. The molecule has 0 saturated carbocycles. The van der Waals surface area contributed by atoms with Crippen molar-refractivity contribution in [2.24, 2.45) is 5.92 Å². The lowest BCUT2D eigenvalue weighted by Crippen LogP contribution is -1.99. The van der Waals surface area contributed by atoms with Gasteiger partial charge < -0.3 is 5.11 Å². The summed E-state index contributed by atoms with van der Waals surface area (Å²) in [7, 11) is 0. The summed E-state index contributed by atoms with van der Waals surface area (Å²) in [5.74, 6) is 1.27. The normalized spacial score (nSPS) is 11.7. The van der Waals surface area contributed by atoms with E-state index in [0.29, 0.717) is 17.7 Å². The number of aromatic hydroxyl groups is 1. The highest BCUT2D eigenvalue weighted by atomic mass is 16.3. The lowest BCUT2D eigenvalue weighted by atomic mass is 9.98. The van der Waals surface area contributed by atoms with Gasteiger partial charge in [0, 0.05) is 12.1 Å². The van der Waals surface area contributed by atoms with Crippen LogP contribution in [0, 0.1) is 5.92 Å². The number of aryl methyl sites for hydroxylation is 1. The van der Waals surface area contributed by atoms with Gasteiger partial charge in [-0.3, -0.25) is 0 Å². The van der Waals surface area contributed by atoms with Crippen LogP contribution in [0.4, 0.5) is 0 Å². The highest BCUT2D eigenvalue weighted by Gasteiger charge is 2.19. The second kappa shape index (κ2) is 4.69. The van der Waals surface area contributed by atoms with Gasteiger partial charge in [0.25, 0.3) is 0 Å².